The van der Waals surface area contributed by atoms with Crippen molar-refractivity contribution in [2.45, 2.75) is 0 Å². The Hall–Kier alpha value is -1.67. The second-order valence-electron chi connectivity index (χ2n) is 3.91. The molecule has 1 aliphatic rings. The van der Waals surface area contributed by atoms with Crippen LogP contribution >= 0.6 is 0 Å². The maximum atomic E-state index is 5.55. The van der Waals surface area contributed by atoms with Gasteiger partial charge in [-0.1, -0.05) is 0 Å². The highest BCUT2D eigenvalue weighted by Gasteiger charge is 2.15. The summed E-state index contributed by atoms with van der Waals surface area (Å²) in [6.45, 7) is 3.82. The number of likely N-dealkylation sites (N-methyl/N-ethyl adjacent to an activating group) is 1. The number of hydrogen-bond acceptors (Lipinski definition) is 8. The molecule has 2 heterocycles. The molecule has 0 amide bonds. The molecule has 0 aliphatic carbocycles. The standard InChI is InChI=1S/C9H17N7O/c1-15-3-5-16(6-4-15)14-8-11-7(10)12-9(13-8)17-2/h3-6H2,1-2H3,(H3,10,11,12,13,14). The lowest BCUT2D eigenvalue weighted by Crippen LogP contribution is -2.47. The molecule has 0 radical (unpaired) electrons. The number of nitrogen functional groups attached to an aromatic ring is 1. The number of nitrogens with one attached hydrogen (secondary N) is 1. The molecule has 0 saturated carbocycles. The third-order valence-electron chi connectivity index (χ3n) is 2.58. The number of hydrazine groups is 1. The Morgan fingerprint density at radius 3 is 2.53 bits per heavy atom. The Labute approximate surface area is 99.8 Å². The largest absolute Gasteiger partial charge is 0.467 e. The van der Waals surface area contributed by atoms with Gasteiger partial charge in [-0.05, 0) is 7.05 Å². The van der Waals surface area contributed by atoms with E-state index in [2.05, 4.69) is 32.3 Å². The minimum absolute atomic E-state index is 0.147. The van der Waals surface area contributed by atoms with E-state index in [-0.39, 0.29) is 12.0 Å². The molecule has 0 unspecified atom stereocenters. The van der Waals surface area contributed by atoms with E-state index < -0.39 is 0 Å². The van der Waals surface area contributed by atoms with Crippen molar-refractivity contribution in [3.8, 4) is 6.01 Å². The number of piperazine rings is 1. The molecule has 94 valence electrons. The maximum absolute atomic E-state index is 5.55. The number of nitrogens with zero attached hydrogens (tertiary/aromatic N) is 5. The molecule has 1 aromatic heterocycles. The summed E-state index contributed by atoms with van der Waals surface area (Å²) < 4.78 is 4.93. The minimum Gasteiger partial charge on any atom is -0.467 e. The van der Waals surface area contributed by atoms with E-state index in [1.807, 2.05) is 5.01 Å². The van der Waals surface area contributed by atoms with Gasteiger partial charge in [0, 0.05) is 26.2 Å². The molecule has 1 fully saturated rings. The van der Waals surface area contributed by atoms with E-state index in [0.29, 0.717) is 5.95 Å². The average molecular weight is 239 g/mol. The second kappa shape index (κ2) is 5.11. The summed E-state index contributed by atoms with van der Waals surface area (Å²) in [6, 6.07) is 0.217. The first kappa shape index (κ1) is 11.8. The van der Waals surface area contributed by atoms with Crippen molar-refractivity contribution >= 4 is 11.9 Å². The van der Waals surface area contributed by atoms with E-state index in [1.54, 1.807) is 0 Å². The van der Waals surface area contributed by atoms with E-state index in [9.17, 15) is 0 Å². The molecule has 1 saturated heterocycles. The smallest absolute Gasteiger partial charge is 0.322 e. The highest BCUT2D eigenvalue weighted by Crippen LogP contribution is 2.09. The van der Waals surface area contributed by atoms with E-state index in [1.165, 1.54) is 7.11 Å². The Kier molecular flexibility index (Phi) is 3.55. The third kappa shape index (κ3) is 3.14. The van der Waals surface area contributed by atoms with Gasteiger partial charge in [-0.15, -0.1) is 0 Å². The van der Waals surface area contributed by atoms with Crippen LogP contribution in [0.5, 0.6) is 6.01 Å². The highest BCUT2D eigenvalue weighted by atomic mass is 16.5. The summed E-state index contributed by atoms with van der Waals surface area (Å²) in [4.78, 5) is 14.2. The number of nitrogens with two attached hydrogens (primary N) is 1. The van der Waals surface area contributed by atoms with E-state index in [4.69, 9.17) is 10.5 Å². The topological polar surface area (TPSA) is 92.4 Å². The average Bonchev–Trinajstić information content (AvgIpc) is 2.31. The highest BCUT2D eigenvalue weighted by molar-refractivity contribution is 5.31. The first-order valence-electron chi connectivity index (χ1n) is 5.43. The van der Waals surface area contributed by atoms with Crippen LogP contribution in [0.1, 0.15) is 0 Å². The van der Waals surface area contributed by atoms with Crippen molar-refractivity contribution in [1.82, 2.24) is 24.9 Å². The van der Waals surface area contributed by atoms with Gasteiger partial charge in [0.05, 0.1) is 7.11 Å². The third-order valence-corrected chi connectivity index (χ3v) is 2.58. The molecule has 1 aliphatic heterocycles. The van der Waals surface area contributed by atoms with Crippen LogP contribution in [-0.4, -0.2) is 65.2 Å². The molecule has 1 aromatic rings. The molecular formula is C9H17N7O. The summed E-state index contributed by atoms with van der Waals surface area (Å²) in [7, 11) is 3.59. The first-order valence-corrected chi connectivity index (χ1v) is 5.43. The molecule has 17 heavy (non-hydrogen) atoms. The Balaban J connectivity index is 2.00. The summed E-state index contributed by atoms with van der Waals surface area (Å²) in [5, 5.41) is 2.05. The minimum atomic E-state index is 0.147. The van der Waals surface area contributed by atoms with Crippen molar-refractivity contribution in [3.05, 3.63) is 0 Å². The summed E-state index contributed by atoms with van der Waals surface area (Å²) in [5.74, 6) is 0.562. The Morgan fingerprint density at radius 1 is 1.18 bits per heavy atom. The number of anilines is 2. The molecule has 0 spiro atoms. The van der Waals surface area contributed by atoms with Crippen molar-refractivity contribution in [2.24, 2.45) is 0 Å². The molecule has 8 heteroatoms. The second-order valence-corrected chi connectivity index (χ2v) is 3.91. The van der Waals surface area contributed by atoms with Crippen LogP contribution in [0.2, 0.25) is 0 Å². The predicted octanol–water partition coefficient (Wildman–Crippen LogP) is -0.963. The molecule has 0 bridgehead atoms. The number of ether oxygens (including phenoxy) is 1. The molecule has 2 rings (SSSR count). The van der Waals surface area contributed by atoms with Crippen LogP contribution in [0.25, 0.3) is 0 Å². The van der Waals surface area contributed by atoms with Crippen LogP contribution in [-0.2, 0) is 0 Å². The van der Waals surface area contributed by atoms with Crippen LogP contribution in [0.15, 0.2) is 0 Å². The SMILES string of the molecule is COc1nc(N)nc(NN2CCN(C)CC2)n1. The quantitative estimate of drug-likeness (QED) is 0.696. The lowest BCUT2D eigenvalue weighted by Gasteiger charge is -2.32. The number of rotatable bonds is 3. The van der Waals surface area contributed by atoms with Gasteiger partial charge in [0.15, 0.2) is 0 Å². The van der Waals surface area contributed by atoms with Crippen molar-refractivity contribution in [1.29, 1.82) is 0 Å². The summed E-state index contributed by atoms with van der Waals surface area (Å²) in [6.07, 6.45) is 0. The van der Waals surface area contributed by atoms with Crippen molar-refractivity contribution < 1.29 is 4.74 Å². The normalized spacial score (nSPS) is 18.0. The van der Waals surface area contributed by atoms with Crippen molar-refractivity contribution in [2.75, 3.05) is 51.5 Å². The molecular weight excluding hydrogens is 222 g/mol. The molecule has 0 aromatic carbocycles. The van der Waals surface area contributed by atoms with E-state index in [0.717, 1.165) is 26.2 Å². The van der Waals surface area contributed by atoms with E-state index >= 15 is 0 Å². The van der Waals surface area contributed by atoms with Gasteiger partial charge in [0.1, 0.15) is 0 Å². The zero-order chi connectivity index (χ0) is 12.3. The number of aromatic nitrogens is 3. The fourth-order valence-corrected chi connectivity index (χ4v) is 1.57. The molecule has 0 atom stereocenters. The fourth-order valence-electron chi connectivity index (χ4n) is 1.57. The predicted molar refractivity (Wildman–Crippen MR) is 63.5 cm³/mol. The zero-order valence-electron chi connectivity index (χ0n) is 10.1. The summed E-state index contributed by atoms with van der Waals surface area (Å²) >= 11 is 0. The van der Waals surface area contributed by atoms with Gasteiger partial charge in [-0.3, -0.25) is 5.43 Å². The Bertz CT molecular complexity index is 378. The maximum Gasteiger partial charge on any atom is 0.322 e. The van der Waals surface area contributed by atoms with Gasteiger partial charge in [-0.25, -0.2) is 5.01 Å². The van der Waals surface area contributed by atoms with Crippen LogP contribution < -0.4 is 15.9 Å². The fraction of sp³-hybridized carbons (Fsp3) is 0.667. The lowest BCUT2D eigenvalue weighted by molar-refractivity contribution is 0.178. The lowest BCUT2D eigenvalue weighted by atomic mass is 10.4. The molecule has 8 nitrogen and oxygen atoms in total. The number of hydrogen-bond donors (Lipinski definition) is 2. The molecule has 3 N–H and O–H groups in total. The van der Waals surface area contributed by atoms with Gasteiger partial charge >= 0.3 is 6.01 Å². The van der Waals surface area contributed by atoms with Crippen LogP contribution in [0, 0.1) is 0 Å². The van der Waals surface area contributed by atoms with Gasteiger partial charge in [0.2, 0.25) is 11.9 Å². The zero-order valence-corrected chi connectivity index (χ0v) is 10.1. The van der Waals surface area contributed by atoms with Crippen LogP contribution in [0.3, 0.4) is 0 Å². The van der Waals surface area contributed by atoms with Gasteiger partial charge < -0.3 is 15.4 Å². The summed E-state index contributed by atoms with van der Waals surface area (Å²) in [5.41, 5.74) is 8.65. The first-order chi connectivity index (χ1) is 8.17. The van der Waals surface area contributed by atoms with Gasteiger partial charge in [0.25, 0.3) is 0 Å². The van der Waals surface area contributed by atoms with Crippen LogP contribution in [0.4, 0.5) is 11.9 Å². The monoisotopic (exact) mass is 239 g/mol. The Morgan fingerprint density at radius 2 is 1.88 bits per heavy atom. The van der Waals surface area contributed by atoms with Gasteiger partial charge in [-0.2, -0.15) is 15.0 Å². The van der Waals surface area contributed by atoms with Crippen molar-refractivity contribution in [3.63, 3.8) is 0 Å². The number of methoxy groups -OCH3 is 1.